The largest absolute Gasteiger partial charge is 0.496 e. The van der Waals surface area contributed by atoms with Crippen LogP contribution in [0.3, 0.4) is 0 Å². The molecule has 2 aromatic carbocycles. The Kier molecular flexibility index (Phi) is 4.18. The van der Waals surface area contributed by atoms with Crippen molar-refractivity contribution in [1.82, 2.24) is 9.55 Å². The van der Waals surface area contributed by atoms with Gasteiger partial charge in [0.05, 0.1) is 30.9 Å². The summed E-state index contributed by atoms with van der Waals surface area (Å²) in [6.45, 7) is 0.372. The van der Waals surface area contributed by atoms with E-state index in [1.807, 2.05) is 18.2 Å². The van der Waals surface area contributed by atoms with Gasteiger partial charge in [-0.3, -0.25) is 9.36 Å². The Hall–Kier alpha value is -1.85. The minimum atomic E-state index is -0.130. The molecule has 4 nitrogen and oxygen atoms in total. The topological polar surface area (TPSA) is 44.1 Å². The van der Waals surface area contributed by atoms with Gasteiger partial charge in [-0.2, -0.15) is 0 Å². The summed E-state index contributed by atoms with van der Waals surface area (Å²) in [7, 11) is 1.61. The third-order valence-electron chi connectivity index (χ3n) is 3.37. The van der Waals surface area contributed by atoms with Crippen LogP contribution in [-0.4, -0.2) is 16.7 Å². The lowest BCUT2D eigenvalue weighted by atomic mass is 10.2. The number of methoxy groups -OCH3 is 1. The highest BCUT2D eigenvalue weighted by Crippen LogP contribution is 2.23. The lowest BCUT2D eigenvalue weighted by molar-refractivity contribution is 0.408. The molecule has 0 aliphatic heterocycles. The predicted octanol–water partition coefficient (Wildman–Crippen LogP) is 3.87. The second-order valence-corrected chi connectivity index (χ2v) is 6.15. The van der Waals surface area contributed by atoms with Crippen molar-refractivity contribution in [2.24, 2.45) is 0 Å². The van der Waals surface area contributed by atoms with Crippen LogP contribution in [0.1, 0.15) is 5.56 Å². The summed E-state index contributed by atoms with van der Waals surface area (Å²) in [5.74, 6) is 0.723. The van der Waals surface area contributed by atoms with E-state index in [0.29, 0.717) is 22.5 Å². The van der Waals surface area contributed by atoms with Crippen LogP contribution in [0.2, 0.25) is 5.02 Å². The Labute approximate surface area is 140 Å². The Balaban J connectivity index is 2.10. The van der Waals surface area contributed by atoms with Crippen molar-refractivity contribution in [2.45, 2.75) is 6.54 Å². The van der Waals surface area contributed by atoms with Crippen molar-refractivity contribution >= 4 is 38.4 Å². The standard InChI is InChI=1S/C16H12BrClN2O2/c1-22-15-5-2-11(17)6-10(15)8-20-9-19-14-4-3-12(18)7-13(14)16(20)21/h2-7,9H,8H2,1H3. The summed E-state index contributed by atoms with van der Waals surface area (Å²) in [6, 6.07) is 10.8. The molecule has 0 aliphatic rings. The van der Waals surface area contributed by atoms with E-state index in [2.05, 4.69) is 20.9 Å². The molecule has 0 fully saturated rings. The van der Waals surface area contributed by atoms with Gasteiger partial charge < -0.3 is 4.74 Å². The van der Waals surface area contributed by atoms with Crippen molar-refractivity contribution in [3.63, 3.8) is 0 Å². The fraction of sp³-hybridized carbons (Fsp3) is 0.125. The molecule has 22 heavy (non-hydrogen) atoms. The summed E-state index contributed by atoms with van der Waals surface area (Å²) >= 11 is 9.40. The molecule has 112 valence electrons. The normalized spacial score (nSPS) is 10.9. The Morgan fingerprint density at radius 2 is 2.09 bits per heavy atom. The first-order chi connectivity index (χ1) is 10.6. The molecule has 0 spiro atoms. The monoisotopic (exact) mass is 378 g/mol. The number of benzene rings is 2. The van der Waals surface area contributed by atoms with Crippen LogP contribution in [0, 0.1) is 0 Å². The van der Waals surface area contributed by atoms with Crippen LogP contribution in [0.15, 0.2) is 52.0 Å². The molecule has 0 N–H and O–H groups in total. The van der Waals surface area contributed by atoms with Gasteiger partial charge in [0.25, 0.3) is 5.56 Å². The third-order valence-corrected chi connectivity index (χ3v) is 4.10. The molecule has 0 unspecified atom stereocenters. The van der Waals surface area contributed by atoms with E-state index >= 15 is 0 Å². The average molecular weight is 380 g/mol. The van der Waals surface area contributed by atoms with Crippen LogP contribution >= 0.6 is 27.5 Å². The maximum atomic E-state index is 12.6. The molecular weight excluding hydrogens is 368 g/mol. The fourth-order valence-corrected chi connectivity index (χ4v) is 2.88. The molecular formula is C16H12BrClN2O2. The Morgan fingerprint density at radius 3 is 2.86 bits per heavy atom. The van der Waals surface area contributed by atoms with Gasteiger partial charge in [0.15, 0.2) is 0 Å². The lowest BCUT2D eigenvalue weighted by Gasteiger charge is -2.11. The number of halogens is 2. The van der Waals surface area contributed by atoms with Gasteiger partial charge >= 0.3 is 0 Å². The van der Waals surface area contributed by atoms with Crippen molar-refractivity contribution in [3.8, 4) is 5.75 Å². The summed E-state index contributed by atoms with van der Waals surface area (Å²) in [4.78, 5) is 16.9. The highest BCUT2D eigenvalue weighted by Gasteiger charge is 2.09. The molecule has 3 aromatic rings. The van der Waals surface area contributed by atoms with Crippen molar-refractivity contribution in [3.05, 3.63) is 68.1 Å². The number of rotatable bonds is 3. The zero-order valence-corrected chi connectivity index (χ0v) is 14.1. The molecule has 1 aromatic heterocycles. The zero-order valence-electron chi connectivity index (χ0n) is 11.7. The molecule has 3 rings (SSSR count). The second-order valence-electron chi connectivity index (χ2n) is 4.80. The molecule has 0 saturated heterocycles. The predicted molar refractivity (Wildman–Crippen MR) is 90.8 cm³/mol. The lowest BCUT2D eigenvalue weighted by Crippen LogP contribution is -2.21. The Bertz CT molecular complexity index is 908. The van der Waals surface area contributed by atoms with Gasteiger partial charge in [-0.05, 0) is 36.4 Å². The average Bonchev–Trinajstić information content (AvgIpc) is 2.51. The molecule has 0 aliphatic carbocycles. The van der Waals surface area contributed by atoms with Crippen LogP contribution in [0.25, 0.3) is 10.9 Å². The summed E-state index contributed by atoms with van der Waals surface area (Å²) in [5.41, 5.74) is 1.39. The zero-order chi connectivity index (χ0) is 15.7. The third kappa shape index (κ3) is 2.87. The first-order valence-corrected chi connectivity index (χ1v) is 7.72. The van der Waals surface area contributed by atoms with E-state index in [-0.39, 0.29) is 5.56 Å². The minimum Gasteiger partial charge on any atom is -0.496 e. The van der Waals surface area contributed by atoms with Gasteiger partial charge in [0.1, 0.15) is 5.75 Å². The van der Waals surface area contributed by atoms with E-state index < -0.39 is 0 Å². The van der Waals surface area contributed by atoms with Gasteiger partial charge in [0.2, 0.25) is 0 Å². The summed E-state index contributed by atoms with van der Waals surface area (Å²) in [6.07, 6.45) is 1.54. The van der Waals surface area contributed by atoms with Gasteiger partial charge in [-0.15, -0.1) is 0 Å². The summed E-state index contributed by atoms with van der Waals surface area (Å²) in [5, 5.41) is 1.02. The van der Waals surface area contributed by atoms with E-state index in [1.165, 1.54) is 0 Å². The first-order valence-electron chi connectivity index (χ1n) is 6.55. The summed E-state index contributed by atoms with van der Waals surface area (Å²) < 4.78 is 7.81. The Morgan fingerprint density at radius 1 is 1.27 bits per heavy atom. The number of nitrogens with zero attached hydrogens (tertiary/aromatic N) is 2. The van der Waals surface area contributed by atoms with Crippen LogP contribution in [-0.2, 0) is 6.54 Å². The molecule has 0 atom stereocenters. The molecule has 0 amide bonds. The number of ether oxygens (including phenoxy) is 1. The number of hydrogen-bond acceptors (Lipinski definition) is 3. The van der Waals surface area contributed by atoms with Gasteiger partial charge in [-0.25, -0.2) is 4.98 Å². The molecule has 6 heteroatoms. The fourth-order valence-electron chi connectivity index (χ4n) is 2.30. The maximum Gasteiger partial charge on any atom is 0.261 e. The molecule has 0 bridgehead atoms. The van der Waals surface area contributed by atoms with Crippen molar-refractivity contribution in [2.75, 3.05) is 7.11 Å². The van der Waals surface area contributed by atoms with Gasteiger partial charge in [0, 0.05) is 15.1 Å². The van der Waals surface area contributed by atoms with E-state index in [1.54, 1.807) is 36.2 Å². The SMILES string of the molecule is COc1ccc(Br)cc1Cn1cnc2ccc(Cl)cc2c1=O. The minimum absolute atomic E-state index is 0.130. The highest BCUT2D eigenvalue weighted by molar-refractivity contribution is 9.10. The molecule has 1 heterocycles. The van der Waals surface area contributed by atoms with E-state index in [4.69, 9.17) is 16.3 Å². The van der Waals surface area contributed by atoms with Crippen LogP contribution in [0.5, 0.6) is 5.75 Å². The number of fused-ring (bicyclic) bond motifs is 1. The highest BCUT2D eigenvalue weighted by atomic mass is 79.9. The number of aromatic nitrogens is 2. The van der Waals surface area contributed by atoms with Crippen LogP contribution in [0.4, 0.5) is 0 Å². The van der Waals surface area contributed by atoms with Crippen LogP contribution < -0.4 is 10.3 Å². The van der Waals surface area contributed by atoms with E-state index in [0.717, 1.165) is 15.8 Å². The molecule has 0 saturated carbocycles. The van der Waals surface area contributed by atoms with Crippen molar-refractivity contribution < 1.29 is 4.74 Å². The smallest absolute Gasteiger partial charge is 0.261 e. The first kappa shape index (κ1) is 15.1. The maximum absolute atomic E-state index is 12.6. The van der Waals surface area contributed by atoms with Gasteiger partial charge in [-0.1, -0.05) is 27.5 Å². The quantitative estimate of drug-likeness (QED) is 0.694. The molecule has 0 radical (unpaired) electrons. The van der Waals surface area contributed by atoms with Crippen molar-refractivity contribution in [1.29, 1.82) is 0 Å². The number of hydrogen-bond donors (Lipinski definition) is 0. The second kappa shape index (κ2) is 6.10. The van der Waals surface area contributed by atoms with E-state index in [9.17, 15) is 4.79 Å².